The fourth-order valence-electron chi connectivity index (χ4n) is 4.50. The number of hydrogen-bond donors (Lipinski definition) is 1. The summed E-state index contributed by atoms with van der Waals surface area (Å²) in [7, 11) is 0. The van der Waals surface area contributed by atoms with Crippen molar-refractivity contribution < 1.29 is 4.74 Å². The van der Waals surface area contributed by atoms with E-state index in [1.54, 1.807) is 6.07 Å². The maximum atomic E-state index is 11.4. The molecule has 0 amide bonds. The third-order valence-corrected chi connectivity index (χ3v) is 6.78. The molecule has 0 spiro atoms. The standard InChI is InChI=1S/C26H23NO2S/c1-16-5-3-6-17(2)26(16)22-8-4-7-21-20(22)13-14-23(21)29-19-11-9-18(10-12-19)24-15-25(28)27-30-24/h3-12,15,23H,13-14H2,1-2H3,(H,27,28)/t23-/m1/s1. The van der Waals surface area contributed by atoms with Gasteiger partial charge in [0.2, 0.25) is 0 Å². The Morgan fingerprint density at radius 3 is 2.40 bits per heavy atom. The number of benzene rings is 3. The highest BCUT2D eigenvalue weighted by Crippen LogP contribution is 2.41. The Morgan fingerprint density at radius 2 is 1.70 bits per heavy atom. The molecule has 150 valence electrons. The highest BCUT2D eigenvalue weighted by Gasteiger charge is 2.27. The minimum atomic E-state index is -0.0578. The van der Waals surface area contributed by atoms with Crippen LogP contribution in [0.25, 0.3) is 21.6 Å². The van der Waals surface area contributed by atoms with Crippen molar-refractivity contribution in [1.82, 2.24) is 4.37 Å². The Morgan fingerprint density at radius 1 is 0.967 bits per heavy atom. The van der Waals surface area contributed by atoms with Crippen molar-refractivity contribution >= 4 is 11.5 Å². The van der Waals surface area contributed by atoms with Crippen LogP contribution in [0.4, 0.5) is 0 Å². The van der Waals surface area contributed by atoms with Crippen molar-refractivity contribution in [3.63, 3.8) is 0 Å². The lowest BCUT2D eigenvalue weighted by Gasteiger charge is -2.17. The van der Waals surface area contributed by atoms with Gasteiger partial charge in [-0.1, -0.05) is 47.9 Å². The van der Waals surface area contributed by atoms with Gasteiger partial charge < -0.3 is 4.74 Å². The largest absolute Gasteiger partial charge is 0.486 e. The minimum Gasteiger partial charge on any atom is -0.486 e. The third kappa shape index (κ3) is 3.37. The van der Waals surface area contributed by atoms with Gasteiger partial charge in [0.15, 0.2) is 0 Å². The number of ether oxygens (including phenoxy) is 1. The van der Waals surface area contributed by atoms with Gasteiger partial charge >= 0.3 is 0 Å². The van der Waals surface area contributed by atoms with Crippen LogP contribution in [0, 0.1) is 13.8 Å². The number of aryl methyl sites for hydroxylation is 2. The van der Waals surface area contributed by atoms with E-state index in [2.05, 4.69) is 54.6 Å². The lowest BCUT2D eigenvalue weighted by Crippen LogP contribution is -2.03. The molecule has 1 atom stereocenters. The van der Waals surface area contributed by atoms with Gasteiger partial charge in [-0.2, -0.15) is 0 Å². The van der Waals surface area contributed by atoms with E-state index >= 15 is 0 Å². The SMILES string of the molecule is Cc1cccc(C)c1-c1cccc2c1CC[C@H]2Oc1ccc(-c2cc(=O)[nH]s2)cc1. The molecule has 1 aromatic heterocycles. The van der Waals surface area contributed by atoms with Crippen LogP contribution in [-0.4, -0.2) is 4.37 Å². The maximum Gasteiger partial charge on any atom is 0.258 e. The first-order valence-electron chi connectivity index (χ1n) is 10.2. The van der Waals surface area contributed by atoms with Crippen LogP contribution in [-0.2, 0) is 6.42 Å². The van der Waals surface area contributed by atoms with E-state index in [1.807, 2.05) is 24.3 Å². The summed E-state index contributed by atoms with van der Waals surface area (Å²) >= 11 is 1.36. The summed E-state index contributed by atoms with van der Waals surface area (Å²) in [6.07, 6.45) is 2.08. The van der Waals surface area contributed by atoms with Gasteiger partial charge in [0.25, 0.3) is 5.56 Å². The van der Waals surface area contributed by atoms with Crippen molar-refractivity contribution in [2.24, 2.45) is 0 Å². The summed E-state index contributed by atoms with van der Waals surface area (Å²) in [6, 6.07) is 22.7. The summed E-state index contributed by atoms with van der Waals surface area (Å²) in [5, 5.41) is 0. The second kappa shape index (κ2) is 7.62. The van der Waals surface area contributed by atoms with Crippen molar-refractivity contribution in [3.05, 3.63) is 99.3 Å². The third-order valence-electron chi connectivity index (χ3n) is 5.91. The van der Waals surface area contributed by atoms with Gasteiger partial charge in [0.05, 0.1) is 4.88 Å². The molecule has 0 bridgehead atoms. The molecule has 1 N–H and O–H groups in total. The molecule has 30 heavy (non-hydrogen) atoms. The summed E-state index contributed by atoms with van der Waals surface area (Å²) in [5.74, 6) is 0.858. The van der Waals surface area contributed by atoms with E-state index in [0.29, 0.717) is 0 Å². The Hall–Kier alpha value is -3.11. The molecule has 0 unspecified atom stereocenters. The first kappa shape index (κ1) is 18.9. The topological polar surface area (TPSA) is 42.1 Å². The molecule has 0 aliphatic heterocycles. The average molecular weight is 414 g/mol. The summed E-state index contributed by atoms with van der Waals surface area (Å²) in [5.41, 5.74) is 8.99. The number of rotatable bonds is 4. The zero-order valence-electron chi connectivity index (χ0n) is 17.1. The predicted molar refractivity (Wildman–Crippen MR) is 123 cm³/mol. The van der Waals surface area contributed by atoms with E-state index in [1.165, 1.54) is 44.9 Å². The highest BCUT2D eigenvalue weighted by molar-refractivity contribution is 7.09. The van der Waals surface area contributed by atoms with Gasteiger partial charge in [-0.3, -0.25) is 9.17 Å². The first-order valence-corrected chi connectivity index (χ1v) is 11.1. The molecule has 1 aliphatic rings. The normalized spacial score (nSPS) is 15.2. The molecule has 5 rings (SSSR count). The van der Waals surface area contributed by atoms with Crippen LogP contribution in [0.2, 0.25) is 0 Å². The van der Waals surface area contributed by atoms with Gasteiger partial charge in [-0.05, 0) is 89.9 Å². The van der Waals surface area contributed by atoms with Crippen LogP contribution in [0.5, 0.6) is 5.75 Å². The molecule has 3 nitrogen and oxygen atoms in total. The predicted octanol–water partition coefficient (Wildman–Crippen LogP) is 6.45. The Labute approximate surface area is 180 Å². The van der Waals surface area contributed by atoms with Crippen molar-refractivity contribution in [2.45, 2.75) is 32.8 Å². The average Bonchev–Trinajstić information content (AvgIpc) is 3.36. The zero-order chi connectivity index (χ0) is 20.7. The van der Waals surface area contributed by atoms with E-state index in [4.69, 9.17) is 4.74 Å². The highest BCUT2D eigenvalue weighted by atomic mass is 32.1. The van der Waals surface area contributed by atoms with Crippen LogP contribution in [0.3, 0.4) is 0 Å². The number of aromatic amines is 1. The van der Waals surface area contributed by atoms with E-state index in [0.717, 1.165) is 29.0 Å². The molecule has 4 aromatic rings. The molecule has 0 saturated carbocycles. The molecule has 0 fully saturated rings. The summed E-state index contributed by atoms with van der Waals surface area (Å²) < 4.78 is 9.12. The maximum absolute atomic E-state index is 11.4. The Bertz CT molecular complexity index is 1250. The summed E-state index contributed by atoms with van der Waals surface area (Å²) in [6.45, 7) is 4.38. The monoisotopic (exact) mass is 413 g/mol. The number of hydrogen-bond acceptors (Lipinski definition) is 3. The van der Waals surface area contributed by atoms with Crippen LogP contribution in [0.1, 0.15) is 34.8 Å². The van der Waals surface area contributed by atoms with Crippen LogP contribution >= 0.6 is 11.5 Å². The van der Waals surface area contributed by atoms with Gasteiger partial charge in [-0.25, -0.2) is 0 Å². The summed E-state index contributed by atoms with van der Waals surface area (Å²) in [4.78, 5) is 12.3. The smallest absolute Gasteiger partial charge is 0.258 e. The zero-order valence-corrected chi connectivity index (χ0v) is 17.9. The number of aromatic nitrogens is 1. The minimum absolute atomic E-state index is 0.0578. The Balaban J connectivity index is 1.43. The molecular formula is C26H23NO2S. The number of H-pyrrole nitrogens is 1. The number of fused-ring (bicyclic) bond motifs is 1. The molecule has 1 heterocycles. The van der Waals surface area contributed by atoms with E-state index < -0.39 is 0 Å². The molecule has 3 aromatic carbocycles. The second-order valence-electron chi connectivity index (χ2n) is 7.89. The van der Waals surface area contributed by atoms with Crippen molar-refractivity contribution in [2.75, 3.05) is 0 Å². The second-order valence-corrected chi connectivity index (χ2v) is 8.73. The molecule has 1 aliphatic carbocycles. The molecular weight excluding hydrogens is 390 g/mol. The number of nitrogens with one attached hydrogen (secondary N) is 1. The van der Waals surface area contributed by atoms with Crippen molar-refractivity contribution in [1.29, 1.82) is 0 Å². The van der Waals surface area contributed by atoms with Gasteiger partial charge in [0.1, 0.15) is 11.9 Å². The lowest BCUT2D eigenvalue weighted by atomic mass is 9.91. The molecule has 0 radical (unpaired) electrons. The quantitative estimate of drug-likeness (QED) is 0.417. The van der Waals surface area contributed by atoms with E-state index in [9.17, 15) is 4.79 Å². The fourth-order valence-corrected chi connectivity index (χ4v) is 5.19. The van der Waals surface area contributed by atoms with Crippen LogP contribution < -0.4 is 10.3 Å². The van der Waals surface area contributed by atoms with Crippen molar-refractivity contribution in [3.8, 4) is 27.3 Å². The van der Waals surface area contributed by atoms with Gasteiger partial charge in [-0.15, -0.1) is 0 Å². The Kier molecular flexibility index (Phi) is 4.80. The van der Waals surface area contributed by atoms with Gasteiger partial charge in [0, 0.05) is 6.07 Å². The lowest BCUT2D eigenvalue weighted by molar-refractivity contribution is 0.207. The fraction of sp³-hybridized carbons (Fsp3) is 0.192. The molecule has 4 heteroatoms. The van der Waals surface area contributed by atoms with Crippen LogP contribution in [0.15, 0.2) is 71.5 Å². The first-order chi connectivity index (χ1) is 14.6. The van der Waals surface area contributed by atoms with E-state index in [-0.39, 0.29) is 11.7 Å². The molecule has 0 saturated heterocycles.